The molecule has 1 aromatic carbocycles. The van der Waals surface area contributed by atoms with Crippen LogP contribution in [0.15, 0.2) is 29.2 Å². The molecule has 0 amide bonds. The van der Waals surface area contributed by atoms with Crippen molar-refractivity contribution in [3.8, 4) is 17.0 Å². The Morgan fingerprint density at radius 2 is 2.33 bits per heavy atom. The van der Waals surface area contributed by atoms with Gasteiger partial charge in [-0.3, -0.25) is 5.10 Å². The summed E-state index contributed by atoms with van der Waals surface area (Å²) in [5, 5.41) is 6.79. The third-order valence-corrected chi connectivity index (χ3v) is 3.15. The summed E-state index contributed by atoms with van der Waals surface area (Å²) >= 11 is 1.70. The van der Waals surface area contributed by atoms with Crippen LogP contribution in [0.1, 0.15) is 0 Å². The van der Waals surface area contributed by atoms with Gasteiger partial charge in [-0.05, 0) is 18.2 Å². The first-order valence-electron chi connectivity index (χ1n) is 4.54. The number of hydrogen-bond acceptors (Lipinski definition) is 4. The van der Waals surface area contributed by atoms with Crippen molar-refractivity contribution in [1.29, 1.82) is 0 Å². The summed E-state index contributed by atoms with van der Waals surface area (Å²) in [6.07, 6.45) is 0. The molecule has 0 bridgehead atoms. The van der Waals surface area contributed by atoms with Crippen LogP contribution in [0.4, 0.5) is 5.82 Å². The van der Waals surface area contributed by atoms with Crippen molar-refractivity contribution < 1.29 is 4.74 Å². The highest BCUT2D eigenvalue weighted by Crippen LogP contribution is 2.38. The molecule has 0 spiro atoms. The Hall–Kier alpha value is -1.62. The quantitative estimate of drug-likeness (QED) is 0.771. The molecule has 0 saturated heterocycles. The number of anilines is 1. The number of nitrogens with zero attached hydrogens (tertiary/aromatic N) is 1. The molecule has 0 fully saturated rings. The lowest BCUT2D eigenvalue weighted by Gasteiger charge is -2.00. The van der Waals surface area contributed by atoms with E-state index in [0.717, 1.165) is 17.0 Å². The van der Waals surface area contributed by atoms with Crippen molar-refractivity contribution in [3.05, 3.63) is 24.3 Å². The number of hydrogen-bond donors (Lipinski definition) is 2. The van der Waals surface area contributed by atoms with E-state index < -0.39 is 0 Å². The van der Waals surface area contributed by atoms with E-state index in [-0.39, 0.29) is 0 Å². The summed E-state index contributed by atoms with van der Waals surface area (Å²) in [5.74, 6) is 2.16. The van der Waals surface area contributed by atoms with Crippen LogP contribution in [0.5, 0.6) is 5.75 Å². The number of H-pyrrole nitrogens is 1. The van der Waals surface area contributed by atoms with E-state index in [1.807, 2.05) is 18.2 Å². The van der Waals surface area contributed by atoms with Crippen LogP contribution >= 0.6 is 11.8 Å². The second-order valence-corrected chi connectivity index (χ2v) is 4.24. The number of nitrogens with one attached hydrogen (secondary N) is 1. The molecule has 2 aromatic rings. The van der Waals surface area contributed by atoms with Gasteiger partial charge in [-0.25, -0.2) is 0 Å². The standard InChI is InChI=1S/C10H9N3OS/c11-10-4-7(12-13-10)6-1-2-8-9(3-6)15-5-14-8/h1-4H,5H2,(H3,11,12,13). The minimum atomic E-state index is 0.509. The monoisotopic (exact) mass is 219 g/mol. The number of rotatable bonds is 1. The fraction of sp³-hybridized carbons (Fsp3) is 0.100. The maximum absolute atomic E-state index is 5.56. The van der Waals surface area contributed by atoms with Crippen molar-refractivity contribution in [2.45, 2.75) is 4.90 Å². The molecule has 76 valence electrons. The highest BCUT2D eigenvalue weighted by Gasteiger charge is 2.13. The lowest BCUT2D eigenvalue weighted by atomic mass is 10.1. The van der Waals surface area contributed by atoms with Crippen LogP contribution in [0.25, 0.3) is 11.3 Å². The minimum Gasteiger partial charge on any atom is -0.481 e. The smallest absolute Gasteiger partial charge is 0.145 e. The Balaban J connectivity index is 2.06. The molecule has 1 aliphatic rings. The van der Waals surface area contributed by atoms with Crippen LogP contribution in [0.2, 0.25) is 0 Å². The van der Waals surface area contributed by atoms with Gasteiger partial charge in [0.1, 0.15) is 17.5 Å². The Morgan fingerprint density at radius 1 is 1.40 bits per heavy atom. The van der Waals surface area contributed by atoms with Gasteiger partial charge in [0.25, 0.3) is 0 Å². The highest BCUT2D eigenvalue weighted by molar-refractivity contribution is 7.99. The van der Waals surface area contributed by atoms with Gasteiger partial charge in [-0.2, -0.15) is 5.10 Å². The zero-order chi connectivity index (χ0) is 10.3. The van der Waals surface area contributed by atoms with Gasteiger partial charge < -0.3 is 10.5 Å². The number of fused-ring (bicyclic) bond motifs is 1. The fourth-order valence-electron chi connectivity index (χ4n) is 1.55. The van der Waals surface area contributed by atoms with Crippen molar-refractivity contribution in [1.82, 2.24) is 10.2 Å². The third-order valence-electron chi connectivity index (χ3n) is 2.28. The first-order valence-corrected chi connectivity index (χ1v) is 5.52. The molecule has 3 rings (SSSR count). The highest BCUT2D eigenvalue weighted by atomic mass is 32.2. The zero-order valence-electron chi connectivity index (χ0n) is 7.86. The largest absolute Gasteiger partial charge is 0.481 e. The average Bonchev–Trinajstić information content (AvgIpc) is 2.84. The van der Waals surface area contributed by atoms with E-state index in [9.17, 15) is 0 Å². The van der Waals surface area contributed by atoms with Crippen molar-refractivity contribution in [2.75, 3.05) is 11.7 Å². The van der Waals surface area contributed by atoms with E-state index in [0.29, 0.717) is 11.8 Å². The number of nitrogens with two attached hydrogens (primary N) is 1. The molecule has 1 aromatic heterocycles. The number of nitrogen functional groups attached to an aromatic ring is 1. The molecule has 0 atom stereocenters. The summed E-state index contributed by atoms with van der Waals surface area (Å²) in [4.78, 5) is 1.17. The molecule has 5 heteroatoms. The van der Waals surface area contributed by atoms with Gasteiger partial charge in [-0.15, -0.1) is 0 Å². The van der Waals surface area contributed by atoms with Crippen LogP contribution in [0, 0.1) is 0 Å². The van der Waals surface area contributed by atoms with Gasteiger partial charge in [0.2, 0.25) is 0 Å². The first-order chi connectivity index (χ1) is 7.33. The maximum Gasteiger partial charge on any atom is 0.145 e. The molecule has 0 saturated carbocycles. The number of aromatic nitrogens is 2. The SMILES string of the molecule is Nc1cc(-c2ccc3c(c2)SCO3)[nH]n1. The maximum atomic E-state index is 5.56. The molecule has 1 aliphatic heterocycles. The molecular weight excluding hydrogens is 210 g/mol. The summed E-state index contributed by atoms with van der Waals surface area (Å²) in [6, 6.07) is 7.88. The Labute approximate surface area is 90.8 Å². The summed E-state index contributed by atoms with van der Waals surface area (Å²) in [6.45, 7) is 0. The van der Waals surface area contributed by atoms with Crippen LogP contribution in [-0.4, -0.2) is 16.1 Å². The average molecular weight is 219 g/mol. The van der Waals surface area contributed by atoms with Crippen molar-refractivity contribution >= 4 is 17.6 Å². The van der Waals surface area contributed by atoms with Crippen LogP contribution in [0.3, 0.4) is 0 Å². The summed E-state index contributed by atoms with van der Waals surface area (Å²) in [5.41, 5.74) is 7.57. The second-order valence-electron chi connectivity index (χ2n) is 3.27. The van der Waals surface area contributed by atoms with Gasteiger partial charge in [0, 0.05) is 11.6 Å². The van der Waals surface area contributed by atoms with Crippen LogP contribution < -0.4 is 10.5 Å². The lowest BCUT2D eigenvalue weighted by Crippen LogP contribution is -1.82. The third kappa shape index (κ3) is 1.45. The minimum absolute atomic E-state index is 0.509. The lowest BCUT2D eigenvalue weighted by molar-refractivity contribution is 0.397. The first kappa shape index (κ1) is 8.67. The molecule has 0 unspecified atom stereocenters. The summed E-state index contributed by atoms with van der Waals surface area (Å²) in [7, 11) is 0. The van der Waals surface area contributed by atoms with Crippen molar-refractivity contribution in [3.63, 3.8) is 0 Å². The molecule has 15 heavy (non-hydrogen) atoms. The molecule has 0 radical (unpaired) electrons. The Bertz CT molecular complexity index is 509. The van der Waals surface area contributed by atoms with E-state index >= 15 is 0 Å². The van der Waals surface area contributed by atoms with Crippen molar-refractivity contribution in [2.24, 2.45) is 0 Å². The molecule has 0 aliphatic carbocycles. The molecular formula is C10H9N3OS. The van der Waals surface area contributed by atoms with E-state index in [4.69, 9.17) is 10.5 Å². The van der Waals surface area contributed by atoms with Crippen LogP contribution in [-0.2, 0) is 0 Å². The number of aromatic amines is 1. The van der Waals surface area contributed by atoms with Gasteiger partial charge in [-0.1, -0.05) is 11.8 Å². The van der Waals surface area contributed by atoms with Gasteiger partial charge in [0.15, 0.2) is 0 Å². The number of ether oxygens (including phenoxy) is 1. The number of benzene rings is 1. The molecule has 3 N–H and O–H groups in total. The number of thioether (sulfide) groups is 1. The van der Waals surface area contributed by atoms with Gasteiger partial charge in [0.05, 0.1) is 10.6 Å². The molecule has 2 heterocycles. The normalized spacial score (nSPS) is 13.6. The predicted molar refractivity (Wildman–Crippen MR) is 59.8 cm³/mol. The van der Waals surface area contributed by atoms with E-state index in [1.165, 1.54) is 4.90 Å². The van der Waals surface area contributed by atoms with E-state index in [2.05, 4.69) is 16.3 Å². The fourth-order valence-corrected chi connectivity index (χ4v) is 2.34. The Morgan fingerprint density at radius 3 is 3.13 bits per heavy atom. The zero-order valence-corrected chi connectivity index (χ0v) is 8.67. The summed E-state index contributed by atoms with van der Waals surface area (Å²) < 4.78 is 5.41. The molecule has 4 nitrogen and oxygen atoms in total. The second kappa shape index (κ2) is 3.20. The Kier molecular flexibility index (Phi) is 1.85. The van der Waals surface area contributed by atoms with Gasteiger partial charge >= 0.3 is 0 Å². The predicted octanol–water partition coefficient (Wildman–Crippen LogP) is 2.10. The van der Waals surface area contributed by atoms with E-state index in [1.54, 1.807) is 11.8 Å². The topological polar surface area (TPSA) is 63.9 Å².